The van der Waals surface area contributed by atoms with Crippen molar-refractivity contribution in [1.29, 1.82) is 5.26 Å². The molecule has 0 aromatic heterocycles. The molecule has 220 valence electrons. The maximum atomic E-state index is 13.5. The molecule has 0 saturated carbocycles. The van der Waals surface area contributed by atoms with Crippen LogP contribution in [0.1, 0.15) is 70.4 Å². The largest absolute Gasteiger partial charge is 0.417 e. The van der Waals surface area contributed by atoms with Gasteiger partial charge < -0.3 is 15.1 Å². The summed E-state index contributed by atoms with van der Waals surface area (Å²) < 4.78 is 40.5. The van der Waals surface area contributed by atoms with Gasteiger partial charge >= 0.3 is 6.18 Å². The molecule has 2 saturated heterocycles. The summed E-state index contributed by atoms with van der Waals surface area (Å²) >= 11 is 11.0. The molecule has 0 spiro atoms. The number of hydrogen-bond donors (Lipinski definition) is 1. The SMILES string of the molecule is CCNC(=S)N1CCN(CCCCCCCCN2C(=S)N(c3ccc(C#N)c(C(F)(F)F)c3)C(=O)C2(C)C)CC1. The second-order valence-corrected chi connectivity index (χ2v) is 11.5. The number of carbonyl (C=O) groups is 1. The van der Waals surface area contributed by atoms with Crippen LogP contribution in [0, 0.1) is 11.3 Å². The minimum Gasteiger partial charge on any atom is -0.363 e. The standard InChI is InChI=1S/C28H39F3N6OS2/c1-4-33-25(39)35-17-15-34(16-18-35)13-9-7-5-6-8-10-14-36-26(40)37(24(38)27(36,2)3)22-12-11-21(20-32)23(19-22)28(29,30)31/h11-12,19H,4-10,13-18H2,1-3H3,(H,33,39). The summed E-state index contributed by atoms with van der Waals surface area (Å²) in [4.78, 5) is 20.9. The van der Waals surface area contributed by atoms with E-state index in [9.17, 15) is 18.0 Å². The van der Waals surface area contributed by atoms with Gasteiger partial charge in [0.05, 0.1) is 22.9 Å². The Morgan fingerprint density at radius 3 is 2.23 bits per heavy atom. The zero-order valence-corrected chi connectivity index (χ0v) is 25.2. The zero-order chi connectivity index (χ0) is 29.5. The number of rotatable bonds is 11. The Hall–Kier alpha value is -2.49. The fourth-order valence-corrected chi connectivity index (χ4v) is 6.03. The number of nitrogens with zero attached hydrogens (tertiary/aromatic N) is 5. The minimum absolute atomic E-state index is 0.0265. The Balaban J connectivity index is 1.41. The lowest BCUT2D eigenvalue weighted by Crippen LogP contribution is -2.51. The van der Waals surface area contributed by atoms with Crippen molar-refractivity contribution in [2.45, 2.75) is 71.0 Å². The van der Waals surface area contributed by atoms with Gasteiger partial charge in [0.25, 0.3) is 5.91 Å². The third kappa shape index (κ3) is 7.62. The number of amides is 1. The van der Waals surface area contributed by atoms with Gasteiger partial charge in [0, 0.05) is 39.3 Å². The van der Waals surface area contributed by atoms with E-state index < -0.39 is 22.8 Å². The lowest BCUT2D eigenvalue weighted by molar-refractivity contribution is -0.137. The summed E-state index contributed by atoms with van der Waals surface area (Å²) in [6.07, 6.45) is 1.64. The van der Waals surface area contributed by atoms with Crippen molar-refractivity contribution < 1.29 is 18.0 Å². The Bertz CT molecular complexity index is 1110. The van der Waals surface area contributed by atoms with E-state index in [1.807, 2.05) is 0 Å². The maximum Gasteiger partial charge on any atom is 0.417 e. The third-order valence-corrected chi connectivity index (χ3v) is 8.41. The topological polar surface area (TPSA) is 65.8 Å². The number of nitriles is 1. The molecular weight excluding hydrogens is 557 g/mol. The number of hydrogen-bond acceptors (Lipinski definition) is 5. The fourth-order valence-electron chi connectivity index (χ4n) is 5.19. The molecule has 2 heterocycles. The Kier molecular flexibility index (Phi) is 11.1. The van der Waals surface area contributed by atoms with E-state index in [-0.39, 0.29) is 16.7 Å². The monoisotopic (exact) mass is 596 g/mol. The van der Waals surface area contributed by atoms with Crippen molar-refractivity contribution in [2.24, 2.45) is 0 Å². The summed E-state index contributed by atoms with van der Waals surface area (Å²) in [6, 6.07) is 4.83. The normalized spacial score (nSPS) is 17.9. The van der Waals surface area contributed by atoms with Gasteiger partial charge in [-0.05, 0) is 82.8 Å². The van der Waals surface area contributed by atoms with Gasteiger partial charge in [-0.3, -0.25) is 14.6 Å². The molecule has 0 radical (unpaired) electrons. The van der Waals surface area contributed by atoms with Crippen LogP contribution in [0.15, 0.2) is 18.2 Å². The molecule has 1 N–H and O–H groups in total. The Morgan fingerprint density at radius 2 is 1.65 bits per heavy atom. The highest BCUT2D eigenvalue weighted by Crippen LogP contribution is 2.38. The van der Waals surface area contributed by atoms with Crippen LogP contribution < -0.4 is 10.2 Å². The van der Waals surface area contributed by atoms with Crippen molar-refractivity contribution in [3.63, 3.8) is 0 Å². The molecule has 2 aliphatic rings. The molecule has 7 nitrogen and oxygen atoms in total. The molecule has 1 amide bonds. The second-order valence-electron chi connectivity index (χ2n) is 10.8. The van der Waals surface area contributed by atoms with E-state index in [0.29, 0.717) is 6.54 Å². The molecule has 12 heteroatoms. The predicted octanol–water partition coefficient (Wildman–Crippen LogP) is 5.14. The quantitative estimate of drug-likeness (QED) is 0.278. The molecule has 40 heavy (non-hydrogen) atoms. The molecule has 0 bridgehead atoms. The van der Waals surface area contributed by atoms with Gasteiger partial charge in [0.1, 0.15) is 5.54 Å². The van der Waals surface area contributed by atoms with Crippen LogP contribution in [0.2, 0.25) is 0 Å². The molecule has 2 fully saturated rings. The van der Waals surface area contributed by atoms with Crippen LogP contribution in [0.4, 0.5) is 18.9 Å². The number of carbonyl (C=O) groups excluding carboxylic acids is 1. The molecule has 0 aliphatic carbocycles. The van der Waals surface area contributed by atoms with Crippen LogP contribution in [-0.2, 0) is 11.0 Å². The van der Waals surface area contributed by atoms with E-state index in [0.717, 1.165) is 95.0 Å². The molecule has 2 aliphatic heterocycles. The molecule has 1 aromatic rings. The second kappa shape index (κ2) is 13.9. The highest BCUT2D eigenvalue weighted by molar-refractivity contribution is 7.80. The van der Waals surface area contributed by atoms with Crippen LogP contribution in [0.3, 0.4) is 0 Å². The molecule has 0 unspecified atom stereocenters. The van der Waals surface area contributed by atoms with E-state index >= 15 is 0 Å². The van der Waals surface area contributed by atoms with Gasteiger partial charge in [0.15, 0.2) is 10.2 Å². The lowest BCUT2D eigenvalue weighted by Gasteiger charge is -2.36. The number of unbranched alkanes of at least 4 members (excludes halogenated alkanes) is 5. The smallest absolute Gasteiger partial charge is 0.363 e. The predicted molar refractivity (Wildman–Crippen MR) is 159 cm³/mol. The number of anilines is 1. The van der Waals surface area contributed by atoms with Gasteiger partial charge in [-0.15, -0.1) is 0 Å². The lowest BCUT2D eigenvalue weighted by atomic mass is 10.0. The average molecular weight is 597 g/mol. The van der Waals surface area contributed by atoms with Crippen LogP contribution >= 0.6 is 24.4 Å². The number of benzene rings is 1. The average Bonchev–Trinajstić information content (AvgIpc) is 3.08. The fraction of sp³-hybridized carbons (Fsp3) is 0.643. The first kappa shape index (κ1) is 32.0. The van der Waals surface area contributed by atoms with Crippen LogP contribution in [-0.4, -0.2) is 82.2 Å². The highest BCUT2D eigenvalue weighted by Gasteiger charge is 2.49. The Labute approximate surface area is 246 Å². The van der Waals surface area contributed by atoms with E-state index in [2.05, 4.69) is 22.0 Å². The highest BCUT2D eigenvalue weighted by atomic mass is 32.1. The van der Waals surface area contributed by atoms with E-state index in [1.165, 1.54) is 11.0 Å². The van der Waals surface area contributed by atoms with Crippen molar-refractivity contribution in [3.05, 3.63) is 29.3 Å². The van der Waals surface area contributed by atoms with Gasteiger partial charge in [0.2, 0.25) is 0 Å². The van der Waals surface area contributed by atoms with E-state index in [4.69, 9.17) is 29.7 Å². The van der Waals surface area contributed by atoms with Crippen LogP contribution in [0.5, 0.6) is 0 Å². The first-order chi connectivity index (χ1) is 18.9. The minimum atomic E-state index is -4.71. The number of piperazine rings is 1. The van der Waals surface area contributed by atoms with Gasteiger partial charge in [-0.1, -0.05) is 25.7 Å². The van der Waals surface area contributed by atoms with Crippen molar-refractivity contribution in [3.8, 4) is 6.07 Å². The number of halogens is 3. The van der Waals surface area contributed by atoms with Crippen molar-refractivity contribution in [2.75, 3.05) is 50.7 Å². The number of alkyl halides is 3. The molecule has 0 atom stereocenters. The number of thiocarbonyl (C=S) groups is 2. The summed E-state index contributed by atoms with van der Waals surface area (Å²) in [7, 11) is 0. The van der Waals surface area contributed by atoms with Gasteiger partial charge in [-0.25, -0.2) is 0 Å². The molecular formula is C28H39F3N6OS2. The summed E-state index contributed by atoms with van der Waals surface area (Å²) in [5.74, 6) is -0.375. The van der Waals surface area contributed by atoms with Crippen molar-refractivity contribution >= 4 is 46.3 Å². The number of nitrogens with one attached hydrogen (secondary N) is 1. The first-order valence-corrected chi connectivity index (χ1v) is 14.8. The zero-order valence-electron chi connectivity index (χ0n) is 23.5. The molecule has 1 aromatic carbocycles. The van der Waals surface area contributed by atoms with Crippen LogP contribution in [0.25, 0.3) is 0 Å². The van der Waals surface area contributed by atoms with E-state index in [1.54, 1.807) is 24.8 Å². The summed E-state index contributed by atoms with van der Waals surface area (Å²) in [5, 5.41) is 13.3. The maximum absolute atomic E-state index is 13.5. The first-order valence-electron chi connectivity index (χ1n) is 13.9. The third-order valence-electron chi connectivity index (χ3n) is 7.60. The summed E-state index contributed by atoms with van der Waals surface area (Å²) in [5.41, 5.74) is -2.50. The van der Waals surface area contributed by atoms with Crippen molar-refractivity contribution in [1.82, 2.24) is 20.0 Å². The van der Waals surface area contributed by atoms with Gasteiger partial charge in [-0.2, -0.15) is 18.4 Å². The Morgan fingerprint density at radius 1 is 1.05 bits per heavy atom. The molecule has 3 rings (SSSR count). The summed E-state index contributed by atoms with van der Waals surface area (Å²) in [6.45, 7) is 12.0.